The number of nitriles is 1. The highest BCUT2D eigenvalue weighted by Gasteiger charge is 2.47. The first-order valence-corrected chi connectivity index (χ1v) is 12.9. The van der Waals surface area contributed by atoms with E-state index in [1.165, 1.54) is 24.3 Å². The summed E-state index contributed by atoms with van der Waals surface area (Å²) in [5.41, 5.74) is 0.289. The number of benzene rings is 2. The summed E-state index contributed by atoms with van der Waals surface area (Å²) >= 11 is 0. The summed E-state index contributed by atoms with van der Waals surface area (Å²) in [6.45, 7) is 4.31. The molecular weight excluding hydrogens is 500 g/mol. The summed E-state index contributed by atoms with van der Waals surface area (Å²) in [7, 11) is 0. The number of pyridine rings is 2. The van der Waals surface area contributed by atoms with E-state index in [-0.39, 0.29) is 69.0 Å². The molecule has 39 heavy (non-hydrogen) atoms. The number of aryl methyl sites for hydroxylation is 1. The molecule has 0 saturated carbocycles. The van der Waals surface area contributed by atoms with Gasteiger partial charge < -0.3 is 20.1 Å². The van der Waals surface area contributed by atoms with Gasteiger partial charge in [-0.05, 0) is 50.3 Å². The van der Waals surface area contributed by atoms with Gasteiger partial charge in [0.05, 0.1) is 28.2 Å². The third-order valence-corrected chi connectivity index (χ3v) is 8.29. The minimum absolute atomic E-state index is 0.0360. The Kier molecular flexibility index (Phi) is 5.01. The number of terminal acetylenes is 1. The van der Waals surface area contributed by atoms with Crippen molar-refractivity contribution in [1.82, 2.24) is 15.3 Å². The van der Waals surface area contributed by atoms with E-state index in [0.717, 1.165) is 12.8 Å². The monoisotopic (exact) mass is 523 g/mol. The number of hydrogen-bond donors (Lipinski definition) is 2. The average molecular weight is 524 g/mol. The molecule has 2 saturated heterocycles. The van der Waals surface area contributed by atoms with Crippen LogP contribution in [0.1, 0.15) is 36.6 Å². The van der Waals surface area contributed by atoms with Gasteiger partial charge in [0.1, 0.15) is 35.3 Å². The third-order valence-electron chi connectivity index (χ3n) is 8.29. The van der Waals surface area contributed by atoms with E-state index in [0.29, 0.717) is 28.8 Å². The molecule has 7 nitrogen and oxygen atoms in total. The Morgan fingerprint density at radius 1 is 1.15 bits per heavy atom. The normalized spacial score (nSPS) is 23.2. The molecule has 194 valence electrons. The van der Waals surface area contributed by atoms with Crippen LogP contribution in [0.3, 0.4) is 0 Å². The lowest BCUT2D eigenvalue weighted by molar-refractivity contribution is 0.155. The van der Waals surface area contributed by atoms with Crippen molar-refractivity contribution < 1.29 is 18.6 Å². The van der Waals surface area contributed by atoms with E-state index >= 15 is 4.39 Å². The van der Waals surface area contributed by atoms with Crippen molar-refractivity contribution in [2.75, 3.05) is 11.4 Å². The van der Waals surface area contributed by atoms with Crippen molar-refractivity contribution >= 4 is 27.4 Å². The van der Waals surface area contributed by atoms with Crippen molar-refractivity contribution in [1.29, 1.82) is 5.26 Å². The average Bonchev–Trinajstić information content (AvgIpc) is 3.24. The Balaban J connectivity index is 1.60. The lowest BCUT2D eigenvalue weighted by Gasteiger charge is -2.43. The molecule has 2 aromatic carbocycles. The Morgan fingerprint density at radius 3 is 2.74 bits per heavy atom. The Morgan fingerprint density at radius 2 is 1.97 bits per heavy atom. The van der Waals surface area contributed by atoms with Crippen molar-refractivity contribution in [3.8, 4) is 41.3 Å². The maximum absolute atomic E-state index is 16.8. The maximum Gasteiger partial charge on any atom is 0.226 e. The molecule has 0 radical (unpaired) electrons. The molecule has 4 atom stereocenters. The van der Waals surface area contributed by atoms with E-state index in [4.69, 9.17) is 16.1 Å². The number of phenols is 1. The SMILES string of the molecule is C#Cc1c(F)ccc2cc(O)cc(-c3nc4c5c(nc(C)c(C#N)c5c3F)N3C[C@H]5CC[C@H](N5)[C@H]3[C@H](C)O4)c12. The number of nitrogens with zero attached hydrogens (tertiary/aromatic N) is 4. The van der Waals surface area contributed by atoms with Crippen LogP contribution in [0, 0.1) is 42.2 Å². The fourth-order valence-corrected chi connectivity index (χ4v) is 6.69. The summed E-state index contributed by atoms with van der Waals surface area (Å²) < 4.78 is 38.0. The molecule has 0 amide bonds. The van der Waals surface area contributed by atoms with Gasteiger partial charge in [0, 0.05) is 35.0 Å². The number of phenolic OH excluding ortho intramolecular Hbond substituents is 1. The van der Waals surface area contributed by atoms with Gasteiger partial charge in [-0.25, -0.2) is 18.7 Å². The van der Waals surface area contributed by atoms with Crippen molar-refractivity contribution in [2.45, 2.75) is 50.9 Å². The number of hydrogen-bond acceptors (Lipinski definition) is 7. The molecule has 2 N–H and O–H groups in total. The minimum atomic E-state index is -0.788. The van der Waals surface area contributed by atoms with Gasteiger partial charge in [0.15, 0.2) is 5.82 Å². The van der Waals surface area contributed by atoms with Gasteiger partial charge in [-0.15, -0.1) is 6.42 Å². The summed E-state index contributed by atoms with van der Waals surface area (Å²) in [5, 5.41) is 25.3. The zero-order valence-electron chi connectivity index (χ0n) is 21.2. The van der Waals surface area contributed by atoms with E-state index in [1.807, 2.05) is 6.92 Å². The molecule has 0 spiro atoms. The molecule has 0 unspecified atom stereocenters. The fraction of sp³-hybridized carbons (Fsp3) is 0.300. The lowest BCUT2D eigenvalue weighted by Crippen LogP contribution is -2.62. The maximum atomic E-state index is 16.8. The molecule has 4 aromatic rings. The van der Waals surface area contributed by atoms with Crippen LogP contribution in [0.25, 0.3) is 32.8 Å². The number of anilines is 1. The zero-order chi connectivity index (χ0) is 27.2. The lowest BCUT2D eigenvalue weighted by atomic mass is 9.94. The van der Waals surface area contributed by atoms with E-state index in [2.05, 4.69) is 27.2 Å². The third kappa shape index (κ3) is 3.23. The predicted molar refractivity (Wildman–Crippen MR) is 143 cm³/mol. The number of nitrogens with one attached hydrogen (secondary N) is 1. The molecule has 5 heterocycles. The van der Waals surface area contributed by atoms with Gasteiger partial charge in [-0.2, -0.15) is 5.26 Å². The fourth-order valence-electron chi connectivity index (χ4n) is 6.69. The Hall–Kier alpha value is -4.47. The Bertz CT molecular complexity index is 1830. The second kappa shape index (κ2) is 8.26. The highest BCUT2D eigenvalue weighted by atomic mass is 19.1. The minimum Gasteiger partial charge on any atom is -0.508 e. The number of halogens is 2. The smallest absolute Gasteiger partial charge is 0.226 e. The van der Waals surface area contributed by atoms with Crippen LogP contribution < -0.4 is 15.0 Å². The molecule has 9 heteroatoms. The van der Waals surface area contributed by atoms with Gasteiger partial charge in [0.2, 0.25) is 5.88 Å². The molecule has 3 aliphatic heterocycles. The molecule has 2 aromatic heterocycles. The number of fused-ring (bicyclic) bond motifs is 6. The highest BCUT2D eigenvalue weighted by molar-refractivity contribution is 6.06. The summed E-state index contributed by atoms with van der Waals surface area (Å²) in [4.78, 5) is 11.6. The first kappa shape index (κ1) is 23.6. The predicted octanol–water partition coefficient (Wildman–Crippen LogP) is 4.69. The van der Waals surface area contributed by atoms with E-state index < -0.39 is 11.6 Å². The second-order valence-electron chi connectivity index (χ2n) is 10.5. The quantitative estimate of drug-likeness (QED) is 0.350. The molecule has 3 aliphatic rings. The van der Waals surface area contributed by atoms with Crippen molar-refractivity contribution in [3.63, 3.8) is 0 Å². The molecular formula is C30H23F2N5O2. The topological polar surface area (TPSA) is 94.3 Å². The van der Waals surface area contributed by atoms with Crippen molar-refractivity contribution in [3.05, 3.63) is 52.7 Å². The standard InChI is InChI=1S/C30H23F2N5O2/c1-4-18-21(31)7-5-15-9-17(38)10-19(23(15)18)27-26(32)24-20(11-33)13(2)34-29-25(24)30(36-27)39-14(3)28-22-8-6-16(35-22)12-37(28)29/h1,5,7,9-10,14,16,22,28,35,38H,6,8,12H2,2-3H3/t14-,16+,22-,28+/m0/s1. The van der Waals surface area contributed by atoms with Crippen LogP contribution in [0.15, 0.2) is 24.3 Å². The number of piperazine rings is 1. The molecule has 0 aliphatic carbocycles. The zero-order valence-corrected chi connectivity index (χ0v) is 21.2. The summed E-state index contributed by atoms with van der Waals surface area (Å²) in [6, 6.07) is 7.90. The molecule has 2 bridgehead atoms. The first-order chi connectivity index (χ1) is 18.8. The van der Waals surface area contributed by atoms with Crippen LogP contribution in [0.5, 0.6) is 11.6 Å². The second-order valence-corrected chi connectivity index (χ2v) is 10.5. The first-order valence-electron chi connectivity index (χ1n) is 12.9. The van der Waals surface area contributed by atoms with E-state index in [1.54, 1.807) is 6.92 Å². The Labute approximate surface area is 223 Å². The number of rotatable bonds is 1. The van der Waals surface area contributed by atoms with Gasteiger partial charge >= 0.3 is 0 Å². The molecule has 2 fully saturated rings. The van der Waals surface area contributed by atoms with Crippen LogP contribution in [-0.4, -0.2) is 45.8 Å². The summed E-state index contributed by atoms with van der Waals surface area (Å²) in [6.07, 6.45) is 7.34. The number of aromatic nitrogens is 2. The van der Waals surface area contributed by atoms with Crippen LogP contribution in [-0.2, 0) is 0 Å². The van der Waals surface area contributed by atoms with Gasteiger partial charge in [-0.1, -0.05) is 12.0 Å². The van der Waals surface area contributed by atoms with Crippen LogP contribution >= 0.6 is 0 Å². The van der Waals surface area contributed by atoms with Gasteiger partial charge in [0.25, 0.3) is 0 Å². The van der Waals surface area contributed by atoms with Crippen LogP contribution in [0.2, 0.25) is 0 Å². The van der Waals surface area contributed by atoms with Crippen LogP contribution in [0.4, 0.5) is 14.6 Å². The number of ether oxygens (including phenoxy) is 1. The molecule has 7 rings (SSSR count). The van der Waals surface area contributed by atoms with E-state index in [9.17, 15) is 14.8 Å². The van der Waals surface area contributed by atoms with Gasteiger partial charge in [-0.3, -0.25) is 0 Å². The summed E-state index contributed by atoms with van der Waals surface area (Å²) in [5.74, 6) is 1.42. The number of aromatic hydroxyl groups is 1. The van der Waals surface area contributed by atoms with Crippen molar-refractivity contribution in [2.24, 2.45) is 0 Å². The highest BCUT2D eigenvalue weighted by Crippen LogP contribution is 2.46. The largest absolute Gasteiger partial charge is 0.508 e.